The number of para-hydroxylation sites is 1. The Hall–Kier alpha value is -2.38. The van der Waals surface area contributed by atoms with Crippen molar-refractivity contribution in [1.29, 1.82) is 0 Å². The molecule has 0 bridgehead atoms. The summed E-state index contributed by atoms with van der Waals surface area (Å²) in [6.07, 6.45) is 0.664. The molecular weight excluding hydrogens is 340 g/mol. The average molecular weight is 360 g/mol. The van der Waals surface area contributed by atoms with E-state index in [2.05, 4.69) is 5.32 Å². The number of nitrogens with one attached hydrogen (secondary N) is 1. The van der Waals surface area contributed by atoms with Crippen LogP contribution in [0.3, 0.4) is 0 Å². The molecule has 0 aromatic heterocycles. The van der Waals surface area contributed by atoms with Crippen LogP contribution in [-0.4, -0.2) is 44.9 Å². The van der Waals surface area contributed by atoms with Gasteiger partial charge in [-0.25, -0.2) is 8.42 Å². The topological polar surface area (TPSA) is 75.7 Å². The zero-order valence-corrected chi connectivity index (χ0v) is 14.7. The molecule has 0 aliphatic carbocycles. The zero-order chi connectivity index (χ0) is 17.9. The van der Waals surface area contributed by atoms with Gasteiger partial charge in [0.15, 0.2) is 0 Å². The number of carbonyl (C=O) groups excluding carboxylic acids is 1. The zero-order valence-electron chi connectivity index (χ0n) is 13.9. The maximum atomic E-state index is 12.4. The van der Waals surface area contributed by atoms with Crippen LogP contribution in [0.15, 0.2) is 59.5 Å². The third kappa shape index (κ3) is 4.00. The van der Waals surface area contributed by atoms with Gasteiger partial charge in [0.1, 0.15) is 12.4 Å². The summed E-state index contributed by atoms with van der Waals surface area (Å²) >= 11 is 0. The van der Waals surface area contributed by atoms with E-state index in [0.29, 0.717) is 13.0 Å². The van der Waals surface area contributed by atoms with E-state index in [-0.39, 0.29) is 23.4 Å². The third-order valence-electron chi connectivity index (χ3n) is 4.06. The molecule has 1 unspecified atom stereocenters. The van der Waals surface area contributed by atoms with E-state index >= 15 is 0 Å². The van der Waals surface area contributed by atoms with Crippen LogP contribution in [0.5, 0.6) is 5.75 Å². The average Bonchev–Trinajstić information content (AvgIpc) is 2.62. The number of likely N-dealkylation sites (N-methyl/N-ethyl adjacent to an activating group) is 1. The third-order valence-corrected chi connectivity index (χ3v) is 5.88. The number of carbonyl (C=O) groups is 1. The van der Waals surface area contributed by atoms with Gasteiger partial charge in [0.2, 0.25) is 15.9 Å². The highest BCUT2D eigenvalue weighted by molar-refractivity contribution is 7.89. The van der Waals surface area contributed by atoms with Crippen molar-refractivity contribution < 1.29 is 17.9 Å². The van der Waals surface area contributed by atoms with E-state index in [9.17, 15) is 13.2 Å². The first-order chi connectivity index (χ1) is 12.0. The number of hydrogen-bond acceptors (Lipinski definition) is 4. The fourth-order valence-corrected chi connectivity index (χ4v) is 3.90. The summed E-state index contributed by atoms with van der Waals surface area (Å²) < 4.78 is 31.6. The molecule has 1 aliphatic rings. The Kier molecular flexibility index (Phi) is 5.06. The molecule has 1 atom stereocenters. The van der Waals surface area contributed by atoms with Crippen LogP contribution in [0.4, 0.5) is 0 Å². The van der Waals surface area contributed by atoms with Gasteiger partial charge in [0.05, 0.1) is 17.5 Å². The van der Waals surface area contributed by atoms with Gasteiger partial charge < -0.3 is 10.1 Å². The Balaban J connectivity index is 1.60. The van der Waals surface area contributed by atoms with Crippen LogP contribution < -0.4 is 10.1 Å². The van der Waals surface area contributed by atoms with E-state index in [1.54, 1.807) is 18.2 Å². The first-order valence-electron chi connectivity index (χ1n) is 7.98. The predicted octanol–water partition coefficient (Wildman–Crippen LogP) is 1.43. The second-order valence-corrected chi connectivity index (χ2v) is 8.01. The molecule has 1 heterocycles. The number of ether oxygens (including phenoxy) is 1. The Bertz CT molecular complexity index is 852. The fourth-order valence-electron chi connectivity index (χ4n) is 2.75. The van der Waals surface area contributed by atoms with E-state index in [4.69, 9.17) is 4.74 Å². The van der Waals surface area contributed by atoms with Gasteiger partial charge in [-0.3, -0.25) is 4.79 Å². The fraction of sp³-hybridized carbons (Fsp3) is 0.278. The van der Waals surface area contributed by atoms with Crippen molar-refractivity contribution >= 4 is 15.9 Å². The molecule has 6 nitrogen and oxygen atoms in total. The number of rotatable bonds is 5. The second-order valence-electron chi connectivity index (χ2n) is 5.96. The van der Waals surface area contributed by atoms with E-state index in [0.717, 1.165) is 15.6 Å². The Labute approximate surface area is 147 Å². The number of amides is 1. The van der Waals surface area contributed by atoms with Crippen molar-refractivity contribution in [1.82, 2.24) is 9.62 Å². The smallest absolute Gasteiger partial charge is 0.243 e. The molecule has 132 valence electrons. The van der Waals surface area contributed by atoms with Crippen LogP contribution >= 0.6 is 0 Å². The molecule has 1 aliphatic heterocycles. The minimum Gasteiger partial charge on any atom is -0.491 e. The maximum Gasteiger partial charge on any atom is 0.243 e. The molecule has 1 N–H and O–H groups in total. The molecule has 3 rings (SSSR count). The molecule has 7 heteroatoms. The highest BCUT2D eigenvalue weighted by Crippen LogP contribution is 2.23. The van der Waals surface area contributed by atoms with Gasteiger partial charge in [-0.1, -0.05) is 36.4 Å². The summed E-state index contributed by atoms with van der Waals surface area (Å²) in [5.41, 5.74) is 1.03. The lowest BCUT2D eigenvalue weighted by Gasteiger charge is -2.26. The van der Waals surface area contributed by atoms with E-state index < -0.39 is 10.0 Å². The monoisotopic (exact) mass is 360 g/mol. The lowest BCUT2D eigenvalue weighted by molar-refractivity contribution is -0.122. The molecule has 0 saturated carbocycles. The largest absolute Gasteiger partial charge is 0.491 e. The molecule has 0 spiro atoms. The first-order valence-corrected chi connectivity index (χ1v) is 9.42. The van der Waals surface area contributed by atoms with Crippen LogP contribution in [-0.2, 0) is 21.2 Å². The van der Waals surface area contributed by atoms with Crippen LogP contribution in [0.25, 0.3) is 0 Å². The number of nitrogens with zero attached hydrogens (tertiary/aromatic N) is 1. The Morgan fingerprint density at radius 1 is 1.16 bits per heavy atom. The number of hydrogen-bond donors (Lipinski definition) is 1. The van der Waals surface area contributed by atoms with Crippen molar-refractivity contribution in [2.24, 2.45) is 0 Å². The van der Waals surface area contributed by atoms with Crippen molar-refractivity contribution in [2.45, 2.75) is 17.4 Å². The minimum absolute atomic E-state index is 0.167. The molecular formula is C18H20N2O4S. The van der Waals surface area contributed by atoms with Gasteiger partial charge in [-0.2, -0.15) is 4.31 Å². The number of benzene rings is 2. The van der Waals surface area contributed by atoms with Gasteiger partial charge in [-0.05, 0) is 30.2 Å². The van der Waals surface area contributed by atoms with Crippen molar-refractivity contribution in [3.8, 4) is 5.75 Å². The Morgan fingerprint density at radius 2 is 1.84 bits per heavy atom. The molecule has 0 fully saturated rings. The molecule has 1 amide bonds. The van der Waals surface area contributed by atoms with E-state index in [1.807, 2.05) is 24.3 Å². The standard InChI is InChI=1S/C18H20N2O4S/c1-20(25(22,23)16-8-3-2-4-9-16)12-18(21)19-15-11-14-7-5-6-10-17(14)24-13-15/h2-10,15H,11-13H2,1H3,(H,19,21). The molecule has 2 aromatic carbocycles. The lowest BCUT2D eigenvalue weighted by atomic mass is 10.0. The first kappa shape index (κ1) is 17.4. The van der Waals surface area contributed by atoms with E-state index in [1.165, 1.54) is 19.2 Å². The summed E-state index contributed by atoms with van der Waals surface area (Å²) in [6.45, 7) is 0.132. The molecule has 25 heavy (non-hydrogen) atoms. The maximum absolute atomic E-state index is 12.4. The number of fused-ring (bicyclic) bond motifs is 1. The Morgan fingerprint density at radius 3 is 2.60 bits per heavy atom. The highest BCUT2D eigenvalue weighted by Gasteiger charge is 2.25. The van der Waals surface area contributed by atoms with Crippen LogP contribution in [0.1, 0.15) is 5.56 Å². The predicted molar refractivity (Wildman–Crippen MR) is 93.8 cm³/mol. The van der Waals surface area contributed by atoms with Gasteiger partial charge in [0, 0.05) is 7.05 Å². The summed E-state index contributed by atoms with van der Waals surface area (Å²) in [5.74, 6) is 0.478. The summed E-state index contributed by atoms with van der Waals surface area (Å²) in [6, 6.07) is 15.6. The quantitative estimate of drug-likeness (QED) is 0.875. The second kappa shape index (κ2) is 7.25. The van der Waals surface area contributed by atoms with Crippen molar-refractivity contribution in [3.63, 3.8) is 0 Å². The summed E-state index contributed by atoms with van der Waals surface area (Å²) in [7, 11) is -2.28. The van der Waals surface area contributed by atoms with Crippen LogP contribution in [0.2, 0.25) is 0 Å². The van der Waals surface area contributed by atoms with Crippen molar-refractivity contribution in [2.75, 3.05) is 20.2 Å². The molecule has 0 saturated heterocycles. The van der Waals surface area contributed by atoms with Crippen molar-refractivity contribution in [3.05, 3.63) is 60.2 Å². The molecule has 0 radical (unpaired) electrons. The SMILES string of the molecule is CN(CC(=O)NC1COc2ccccc2C1)S(=O)(=O)c1ccccc1. The number of sulfonamides is 1. The minimum atomic E-state index is -3.68. The highest BCUT2D eigenvalue weighted by atomic mass is 32.2. The summed E-state index contributed by atoms with van der Waals surface area (Å²) in [4.78, 5) is 12.4. The van der Waals surface area contributed by atoms with Gasteiger partial charge >= 0.3 is 0 Å². The van der Waals surface area contributed by atoms with Crippen LogP contribution in [0, 0.1) is 0 Å². The van der Waals surface area contributed by atoms with Gasteiger partial charge in [0.25, 0.3) is 0 Å². The van der Waals surface area contributed by atoms with Gasteiger partial charge in [-0.15, -0.1) is 0 Å². The molecule has 2 aromatic rings. The lowest BCUT2D eigenvalue weighted by Crippen LogP contribution is -2.47. The summed E-state index contributed by atoms with van der Waals surface area (Å²) in [5, 5.41) is 2.84. The normalized spacial score (nSPS) is 16.8.